The lowest BCUT2D eigenvalue weighted by Crippen LogP contribution is -2.32. The maximum absolute atomic E-state index is 12.0. The van der Waals surface area contributed by atoms with Gasteiger partial charge in [0.15, 0.2) is 6.29 Å². The van der Waals surface area contributed by atoms with Crippen molar-refractivity contribution in [1.82, 2.24) is 19.8 Å². The average molecular weight is 510 g/mol. The minimum atomic E-state index is 0.202. The van der Waals surface area contributed by atoms with Gasteiger partial charge in [-0.15, -0.1) is 0 Å². The maximum Gasteiger partial charge on any atom is 0.168 e. The Balaban J connectivity index is 1.86. The number of carbonyl (C=O) groups excluding carboxylic acids is 2. The first kappa shape index (κ1) is 27.6. The quantitative estimate of drug-likeness (QED) is 0.405. The van der Waals surface area contributed by atoms with Gasteiger partial charge in [-0.25, -0.2) is 9.97 Å². The lowest BCUT2D eigenvalue weighted by atomic mass is 10.0. The van der Waals surface area contributed by atoms with E-state index >= 15 is 0 Å². The Hall–Kier alpha value is -3.00. The molecule has 0 bridgehead atoms. The van der Waals surface area contributed by atoms with Crippen molar-refractivity contribution < 1.29 is 9.59 Å². The second kappa shape index (κ2) is 13.3. The van der Waals surface area contributed by atoms with Crippen LogP contribution in [0, 0.1) is 11.3 Å². The minimum absolute atomic E-state index is 0.202. The number of rotatable bonds is 13. The summed E-state index contributed by atoms with van der Waals surface area (Å²) in [5.41, 5.74) is 3.67. The van der Waals surface area contributed by atoms with Crippen LogP contribution >= 0.6 is 11.8 Å². The topological polar surface area (TPSA) is 105 Å². The normalized spacial score (nSPS) is 13.9. The number of likely N-dealkylation sites (N-methyl/N-ethyl adjacent to an activating group) is 2. The summed E-state index contributed by atoms with van der Waals surface area (Å²) >= 11 is 1.75. The molecular formula is C26H35N7O2S. The summed E-state index contributed by atoms with van der Waals surface area (Å²) in [6, 6.07) is 6.42. The molecule has 3 rings (SSSR count). The van der Waals surface area contributed by atoms with Crippen LogP contribution in [0.5, 0.6) is 0 Å². The van der Waals surface area contributed by atoms with Crippen molar-refractivity contribution >= 4 is 41.7 Å². The van der Waals surface area contributed by atoms with E-state index in [2.05, 4.69) is 40.5 Å². The number of pyridine rings is 2. The van der Waals surface area contributed by atoms with Gasteiger partial charge in [0.25, 0.3) is 0 Å². The molecule has 0 spiro atoms. The molecule has 1 N–H and O–H groups in total. The van der Waals surface area contributed by atoms with Gasteiger partial charge in [-0.1, -0.05) is 0 Å². The zero-order valence-electron chi connectivity index (χ0n) is 21.5. The third kappa shape index (κ3) is 7.03. The molecule has 10 heteroatoms. The van der Waals surface area contributed by atoms with Crippen LogP contribution in [0.1, 0.15) is 40.5 Å². The molecule has 36 heavy (non-hydrogen) atoms. The zero-order valence-corrected chi connectivity index (χ0v) is 22.3. The van der Waals surface area contributed by atoms with E-state index in [9.17, 15) is 14.9 Å². The van der Waals surface area contributed by atoms with Crippen LogP contribution in [-0.2, 0) is 17.8 Å². The smallest absolute Gasteiger partial charge is 0.168 e. The number of anilines is 3. The van der Waals surface area contributed by atoms with Crippen LogP contribution in [0.25, 0.3) is 0 Å². The lowest BCUT2D eigenvalue weighted by molar-refractivity contribution is -0.108. The molecular weight excluding hydrogens is 474 g/mol. The summed E-state index contributed by atoms with van der Waals surface area (Å²) < 4.78 is 0. The Morgan fingerprint density at radius 1 is 1.28 bits per heavy atom. The van der Waals surface area contributed by atoms with Crippen LogP contribution < -0.4 is 10.2 Å². The van der Waals surface area contributed by atoms with E-state index in [4.69, 9.17) is 4.98 Å². The fourth-order valence-corrected chi connectivity index (χ4v) is 4.88. The molecule has 1 unspecified atom stereocenters. The van der Waals surface area contributed by atoms with Gasteiger partial charge in [0.1, 0.15) is 29.7 Å². The third-order valence-corrected chi connectivity index (χ3v) is 7.01. The Morgan fingerprint density at radius 2 is 2.06 bits per heavy atom. The number of hydrogen-bond donors (Lipinski definition) is 1. The number of hydrogen-bond acceptors (Lipinski definition) is 10. The van der Waals surface area contributed by atoms with E-state index < -0.39 is 0 Å². The molecule has 0 saturated heterocycles. The molecule has 0 aliphatic carbocycles. The second-order valence-electron chi connectivity index (χ2n) is 9.26. The Kier molecular flexibility index (Phi) is 10.2. The molecule has 0 fully saturated rings. The first-order chi connectivity index (χ1) is 17.4. The number of nitrogens with one attached hydrogen (secondary N) is 1. The van der Waals surface area contributed by atoms with E-state index in [1.54, 1.807) is 18.0 Å². The molecule has 9 nitrogen and oxygen atoms in total. The number of carbonyl (C=O) groups is 2. The van der Waals surface area contributed by atoms with Gasteiger partial charge in [0.2, 0.25) is 0 Å². The van der Waals surface area contributed by atoms with E-state index in [0.717, 1.165) is 73.4 Å². The number of aldehydes is 2. The predicted octanol–water partition coefficient (Wildman–Crippen LogP) is 2.97. The van der Waals surface area contributed by atoms with E-state index in [0.29, 0.717) is 30.2 Å². The summed E-state index contributed by atoms with van der Waals surface area (Å²) in [7, 11) is 3.91. The molecule has 1 aliphatic heterocycles. The predicted molar refractivity (Wildman–Crippen MR) is 145 cm³/mol. The molecule has 0 radical (unpaired) electrons. The fraction of sp³-hybridized carbons (Fsp3) is 0.500. The fourth-order valence-electron chi connectivity index (χ4n) is 4.30. The first-order valence-electron chi connectivity index (χ1n) is 12.1. The largest absolute Gasteiger partial charge is 0.381 e. The number of fused-ring (bicyclic) bond motifs is 1. The zero-order chi connectivity index (χ0) is 26.1. The Labute approximate surface area is 217 Å². The average Bonchev–Trinajstić information content (AvgIpc) is 2.87. The monoisotopic (exact) mass is 509 g/mol. The van der Waals surface area contributed by atoms with Crippen LogP contribution in [-0.4, -0.2) is 90.7 Å². The first-order valence-corrected chi connectivity index (χ1v) is 13.5. The van der Waals surface area contributed by atoms with Crippen molar-refractivity contribution in [2.45, 2.75) is 32.4 Å². The minimum Gasteiger partial charge on any atom is -0.381 e. The number of aryl methyl sites for hydroxylation is 1. The van der Waals surface area contributed by atoms with Crippen molar-refractivity contribution in [3.8, 4) is 6.07 Å². The van der Waals surface area contributed by atoms with Crippen molar-refractivity contribution in [3.63, 3.8) is 0 Å². The molecule has 2 aromatic rings. The molecule has 3 heterocycles. The van der Waals surface area contributed by atoms with E-state index in [1.807, 2.05) is 30.0 Å². The molecule has 1 atom stereocenters. The van der Waals surface area contributed by atoms with Crippen molar-refractivity contribution in [2.24, 2.45) is 0 Å². The molecule has 192 valence electrons. The number of thioether (sulfide) groups is 1. The summed E-state index contributed by atoms with van der Waals surface area (Å²) in [4.78, 5) is 38.2. The SMILES string of the molecule is CSCC(C)Nc1cc(N2CCCc3cc(CN(C)CCN(C)CC=O)c(C=O)nc32)ncc1C#N. The summed E-state index contributed by atoms with van der Waals surface area (Å²) in [5.74, 6) is 2.38. The highest BCUT2D eigenvalue weighted by Gasteiger charge is 2.24. The van der Waals surface area contributed by atoms with Gasteiger partial charge in [0, 0.05) is 50.2 Å². The van der Waals surface area contributed by atoms with E-state index in [1.165, 1.54) is 0 Å². The van der Waals surface area contributed by atoms with Gasteiger partial charge in [-0.05, 0) is 57.3 Å². The third-order valence-electron chi connectivity index (χ3n) is 6.18. The van der Waals surface area contributed by atoms with Crippen LogP contribution in [0.2, 0.25) is 0 Å². The highest BCUT2D eigenvalue weighted by molar-refractivity contribution is 7.98. The highest BCUT2D eigenvalue weighted by atomic mass is 32.2. The molecule has 1 aliphatic rings. The summed E-state index contributed by atoms with van der Waals surface area (Å²) in [6.45, 7) is 5.35. The Bertz CT molecular complexity index is 1100. The maximum atomic E-state index is 12.0. The van der Waals surface area contributed by atoms with Gasteiger partial charge < -0.3 is 19.9 Å². The molecule has 2 aromatic heterocycles. The molecule has 0 amide bonds. The van der Waals surface area contributed by atoms with Crippen LogP contribution in [0.15, 0.2) is 18.3 Å². The van der Waals surface area contributed by atoms with Crippen LogP contribution in [0.4, 0.5) is 17.3 Å². The molecule has 0 aromatic carbocycles. The summed E-state index contributed by atoms with van der Waals surface area (Å²) in [6.07, 6.45) is 7.19. The summed E-state index contributed by atoms with van der Waals surface area (Å²) in [5, 5.41) is 13.0. The second-order valence-corrected chi connectivity index (χ2v) is 10.2. The van der Waals surface area contributed by atoms with Crippen molar-refractivity contribution in [2.75, 3.05) is 62.5 Å². The number of nitriles is 1. The Morgan fingerprint density at radius 3 is 2.75 bits per heavy atom. The van der Waals surface area contributed by atoms with Gasteiger partial charge in [-0.3, -0.25) is 9.69 Å². The lowest BCUT2D eigenvalue weighted by Gasteiger charge is -2.31. The van der Waals surface area contributed by atoms with Gasteiger partial charge in [-0.2, -0.15) is 17.0 Å². The standard InChI is InChI=1S/C26H35N7O2S/c1-19(18-36-4)29-23-13-25(28-15-22(23)14-27)33-7-5-6-20-12-21(24(17-35)30-26(20)33)16-32(3)9-8-31(2)10-11-34/h11-13,15,17,19H,5-10,16,18H2,1-4H3,(H,28,29). The number of nitrogens with zero attached hydrogens (tertiary/aromatic N) is 6. The van der Waals surface area contributed by atoms with Crippen molar-refractivity contribution in [3.05, 3.63) is 40.7 Å². The number of aromatic nitrogens is 2. The van der Waals surface area contributed by atoms with Crippen LogP contribution in [0.3, 0.4) is 0 Å². The van der Waals surface area contributed by atoms with Crippen molar-refractivity contribution in [1.29, 1.82) is 5.26 Å². The van der Waals surface area contributed by atoms with Gasteiger partial charge >= 0.3 is 0 Å². The highest BCUT2D eigenvalue weighted by Crippen LogP contribution is 2.34. The van der Waals surface area contributed by atoms with Gasteiger partial charge in [0.05, 0.1) is 17.8 Å². The molecule has 0 saturated carbocycles. The van der Waals surface area contributed by atoms with E-state index in [-0.39, 0.29) is 6.04 Å².